The third-order valence-corrected chi connectivity index (χ3v) is 5.94. The van der Waals surface area contributed by atoms with Gasteiger partial charge in [0.2, 0.25) is 0 Å². The summed E-state index contributed by atoms with van der Waals surface area (Å²) in [5.41, 5.74) is 5.54. The summed E-state index contributed by atoms with van der Waals surface area (Å²) in [4.78, 5) is 13.5. The number of amides is 1. The fraction of sp³-hybridized carbons (Fsp3) is 0.400. The highest BCUT2D eigenvalue weighted by molar-refractivity contribution is 7.12. The number of nitrogens with one attached hydrogen (secondary N) is 2. The van der Waals surface area contributed by atoms with Crippen molar-refractivity contribution in [2.45, 2.75) is 46.5 Å². The van der Waals surface area contributed by atoms with Crippen LogP contribution >= 0.6 is 11.3 Å². The molecular formula is C25H34N2O2S. The molecule has 0 fully saturated rings. The Balaban J connectivity index is 2.19. The molecular weight excluding hydrogens is 392 g/mol. The van der Waals surface area contributed by atoms with Gasteiger partial charge in [0.05, 0.1) is 7.11 Å². The molecule has 162 valence electrons. The molecule has 0 radical (unpaired) electrons. The van der Waals surface area contributed by atoms with E-state index in [1.54, 1.807) is 7.11 Å². The molecule has 0 bridgehead atoms. The van der Waals surface area contributed by atoms with Gasteiger partial charge in [-0.3, -0.25) is 4.79 Å². The number of thiophene rings is 1. The monoisotopic (exact) mass is 426 g/mol. The van der Waals surface area contributed by atoms with E-state index in [0.717, 1.165) is 43.5 Å². The molecule has 1 aromatic carbocycles. The molecule has 0 aliphatic heterocycles. The van der Waals surface area contributed by atoms with Crippen LogP contribution in [0.15, 0.2) is 41.8 Å². The lowest BCUT2D eigenvalue weighted by atomic mass is 10.00. The normalized spacial score (nSPS) is 12.2. The van der Waals surface area contributed by atoms with Crippen LogP contribution in [0, 0.1) is 0 Å². The number of allylic oxidation sites excluding steroid dienone is 3. The summed E-state index contributed by atoms with van der Waals surface area (Å²) in [6, 6.07) is 8.11. The molecule has 0 atom stereocenters. The molecule has 0 spiro atoms. The summed E-state index contributed by atoms with van der Waals surface area (Å²) in [5, 5.41) is 8.19. The molecule has 2 rings (SSSR count). The van der Waals surface area contributed by atoms with Crippen molar-refractivity contribution in [3.8, 4) is 5.75 Å². The van der Waals surface area contributed by atoms with Gasteiger partial charge in [0.25, 0.3) is 5.91 Å². The van der Waals surface area contributed by atoms with E-state index in [9.17, 15) is 4.79 Å². The second-order valence-corrected chi connectivity index (χ2v) is 7.98. The molecule has 0 saturated carbocycles. The maximum absolute atomic E-state index is 12.9. The predicted molar refractivity (Wildman–Crippen MR) is 131 cm³/mol. The second kappa shape index (κ2) is 12.4. The second-order valence-electron chi connectivity index (χ2n) is 7.10. The highest BCUT2D eigenvalue weighted by Gasteiger charge is 2.21. The molecule has 30 heavy (non-hydrogen) atoms. The van der Waals surface area contributed by atoms with E-state index < -0.39 is 0 Å². The van der Waals surface area contributed by atoms with Gasteiger partial charge in [-0.15, -0.1) is 11.3 Å². The molecule has 5 heteroatoms. The number of hydrogen-bond donors (Lipinski definition) is 2. The number of carbonyl (C=O) groups excluding carboxylic acids is 1. The number of hydrogen-bond acceptors (Lipinski definition) is 4. The zero-order valence-corrected chi connectivity index (χ0v) is 19.6. The van der Waals surface area contributed by atoms with Crippen LogP contribution in [0.1, 0.15) is 67.3 Å². The lowest BCUT2D eigenvalue weighted by Crippen LogP contribution is -2.12. The van der Waals surface area contributed by atoms with Gasteiger partial charge in [-0.2, -0.15) is 0 Å². The lowest BCUT2D eigenvalue weighted by molar-refractivity contribution is 0.102. The number of benzene rings is 1. The van der Waals surface area contributed by atoms with E-state index in [4.69, 9.17) is 4.74 Å². The van der Waals surface area contributed by atoms with Crippen molar-refractivity contribution in [3.63, 3.8) is 0 Å². The van der Waals surface area contributed by atoms with Gasteiger partial charge in [-0.05, 0) is 68.6 Å². The third-order valence-electron chi connectivity index (χ3n) is 4.98. The van der Waals surface area contributed by atoms with Crippen molar-refractivity contribution in [1.29, 1.82) is 0 Å². The maximum atomic E-state index is 12.9. The Morgan fingerprint density at radius 3 is 2.43 bits per heavy atom. The lowest BCUT2D eigenvalue weighted by Gasteiger charge is -2.11. The molecule has 1 aromatic heterocycles. The smallest absolute Gasteiger partial charge is 0.269 e. The van der Waals surface area contributed by atoms with Gasteiger partial charge in [0, 0.05) is 16.6 Å². The zero-order valence-electron chi connectivity index (χ0n) is 18.8. The number of rotatable bonds is 11. The average Bonchev–Trinajstić information content (AvgIpc) is 3.19. The largest absolute Gasteiger partial charge is 0.494 e. The Morgan fingerprint density at radius 1 is 1.13 bits per heavy atom. The van der Waals surface area contributed by atoms with E-state index in [1.807, 2.05) is 31.5 Å². The number of carbonyl (C=O) groups is 1. The Hall–Kier alpha value is -2.37. The van der Waals surface area contributed by atoms with Crippen molar-refractivity contribution in [2.24, 2.45) is 0 Å². The van der Waals surface area contributed by atoms with Crippen LogP contribution in [0.4, 0.5) is 5.69 Å². The predicted octanol–water partition coefficient (Wildman–Crippen LogP) is 6.62. The van der Waals surface area contributed by atoms with Gasteiger partial charge in [-0.1, -0.05) is 44.6 Å². The summed E-state index contributed by atoms with van der Waals surface area (Å²) in [6.45, 7) is 7.24. The molecule has 1 heterocycles. The Bertz CT molecular complexity index is 879. The Kier molecular flexibility index (Phi) is 9.84. The first-order valence-electron chi connectivity index (χ1n) is 10.7. The quantitative estimate of drug-likeness (QED) is 0.425. The first-order chi connectivity index (χ1) is 14.6. The fourth-order valence-corrected chi connectivity index (χ4v) is 4.41. The van der Waals surface area contributed by atoms with Crippen LogP contribution in [-0.4, -0.2) is 26.6 Å². The van der Waals surface area contributed by atoms with Crippen molar-refractivity contribution >= 4 is 34.1 Å². The van der Waals surface area contributed by atoms with Gasteiger partial charge < -0.3 is 15.4 Å². The third kappa shape index (κ3) is 6.07. The van der Waals surface area contributed by atoms with Crippen LogP contribution in [-0.2, 0) is 0 Å². The number of anilines is 1. The molecule has 1 amide bonds. The number of methoxy groups -OCH3 is 1. The Morgan fingerprint density at radius 2 is 1.87 bits per heavy atom. The van der Waals surface area contributed by atoms with E-state index in [2.05, 4.69) is 48.8 Å². The zero-order chi connectivity index (χ0) is 21.9. The topological polar surface area (TPSA) is 50.4 Å². The maximum Gasteiger partial charge on any atom is 0.269 e. The van der Waals surface area contributed by atoms with Crippen molar-refractivity contribution in [3.05, 3.63) is 57.8 Å². The highest BCUT2D eigenvalue weighted by Crippen LogP contribution is 2.37. The standard InChI is InChI=1S/C25H34N2O2S/c1-6-9-19(10-7-2)20-11-13-21(14-12-20)27-25(28)24-23(29-5)22(17-30-24)18(8-3)15-16-26-4/h8-9,11-14,17,26H,6-7,10,15-16H2,1-5H3,(H,27,28)/b18-8+,19-9+. The first kappa shape index (κ1) is 23.9. The molecule has 0 saturated heterocycles. The molecule has 2 aromatic rings. The van der Waals surface area contributed by atoms with E-state index in [1.165, 1.54) is 28.0 Å². The summed E-state index contributed by atoms with van der Waals surface area (Å²) in [7, 11) is 3.56. The van der Waals surface area contributed by atoms with Crippen molar-refractivity contribution in [2.75, 3.05) is 26.0 Å². The highest BCUT2D eigenvalue weighted by atomic mass is 32.1. The van der Waals surface area contributed by atoms with E-state index in [-0.39, 0.29) is 5.91 Å². The van der Waals surface area contributed by atoms with Crippen LogP contribution in [0.25, 0.3) is 11.1 Å². The minimum absolute atomic E-state index is 0.141. The summed E-state index contributed by atoms with van der Waals surface area (Å²) < 4.78 is 5.62. The van der Waals surface area contributed by atoms with E-state index in [0.29, 0.717) is 10.6 Å². The van der Waals surface area contributed by atoms with Gasteiger partial charge in [0.15, 0.2) is 0 Å². The molecule has 0 unspecified atom stereocenters. The first-order valence-corrected chi connectivity index (χ1v) is 11.5. The van der Waals surface area contributed by atoms with Crippen molar-refractivity contribution < 1.29 is 9.53 Å². The summed E-state index contributed by atoms with van der Waals surface area (Å²) in [6.07, 6.45) is 8.45. The summed E-state index contributed by atoms with van der Waals surface area (Å²) in [5.74, 6) is 0.507. The molecule has 0 aliphatic rings. The molecule has 4 nitrogen and oxygen atoms in total. The van der Waals surface area contributed by atoms with Gasteiger partial charge in [-0.25, -0.2) is 0 Å². The minimum atomic E-state index is -0.141. The Labute approximate surface area is 185 Å². The fourth-order valence-electron chi connectivity index (χ4n) is 3.46. The van der Waals surface area contributed by atoms with Crippen LogP contribution in [0.2, 0.25) is 0 Å². The van der Waals surface area contributed by atoms with Crippen LogP contribution in [0.5, 0.6) is 5.75 Å². The van der Waals surface area contributed by atoms with Crippen molar-refractivity contribution in [1.82, 2.24) is 5.32 Å². The van der Waals surface area contributed by atoms with E-state index >= 15 is 0 Å². The van der Waals surface area contributed by atoms with Crippen LogP contribution < -0.4 is 15.4 Å². The summed E-state index contributed by atoms with van der Waals surface area (Å²) >= 11 is 1.42. The SMILES string of the molecule is C/C=C(\CCNC)c1csc(C(=O)Nc2ccc(/C(=C/CC)CCC)cc2)c1OC. The van der Waals surface area contributed by atoms with Crippen LogP contribution in [0.3, 0.4) is 0 Å². The molecule has 2 N–H and O–H groups in total. The minimum Gasteiger partial charge on any atom is -0.494 e. The van der Waals surface area contributed by atoms with Gasteiger partial charge >= 0.3 is 0 Å². The number of ether oxygens (including phenoxy) is 1. The van der Waals surface area contributed by atoms with Gasteiger partial charge in [0.1, 0.15) is 10.6 Å². The molecule has 0 aliphatic carbocycles. The average molecular weight is 427 g/mol.